The zero-order valence-electron chi connectivity index (χ0n) is 12.9. The third-order valence-electron chi connectivity index (χ3n) is 3.54. The van der Waals surface area contributed by atoms with Gasteiger partial charge in [-0.05, 0) is 36.8 Å². The van der Waals surface area contributed by atoms with Crippen LogP contribution in [0.4, 0.5) is 0 Å². The van der Waals surface area contributed by atoms with Crippen molar-refractivity contribution in [3.05, 3.63) is 64.1 Å². The van der Waals surface area contributed by atoms with Gasteiger partial charge in [0.25, 0.3) is 5.91 Å². The number of benzene rings is 2. The minimum absolute atomic E-state index is 0.0432. The number of amides is 1. The smallest absolute Gasteiger partial charge is 0.253 e. The topological polar surface area (TPSA) is 63.2 Å². The van der Waals surface area contributed by atoms with Gasteiger partial charge in [0.15, 0.2) is 9.84 Å². The molecule has 4 nitrogen and oxygen atoms in total. The molecule has 23 heavy (non-hydrogen) atoms. The van der Waals surface area contributed by atoms with Gasteiger partial charge in [-0.3, -0.25) is 4.79 Å². The Kier molecular flexibility index (Phi) is 5.59. The lowest BCUT2D eigenvalue weighted by Gasteiger charge is -2.16. The van der Waals surface area contributed by atoms with Crippen LogP contribution in [-0.2, 0) is 9.84 Å². The third kappa shape index (κ3) is 4.20. The van der Waals surface area contributed by atoms with E-state index in [0.717, 1.165) is 10.0 Å². The minimum Gasteiger partial charge on any atom is -0.345 e. The second kappa shape index (κ2) is 7.27. The molecular weight excluding hydrogens is 378 g/mol. The highest BCUT2D eigenvalue weighted by atomic mass is 79.9. The number of hydrogen-bond acceptors (Lipinski definition) is 3. The predicted molar refractivity (Wildman–Crippen MR) is 94.2 cm³/mol. The highest BCUT2D eigenvalue weighted by Crippen LogP contribution is 2.21. The summed E-state index contributed by atoms with van der Waals surface area (Å²) in [4.78, 5) is 12.6. The largest absolute Gasteiger partial charge is 0.345 e. The molecule has 6 heteroatoms. The van der Waals surface area contributed by atoms with Crippen molar-refractivity contribution in [1.82, 2.24) is 5.32 Å². The average Bonchev–Trinajstić information content (AvgIpc) is 2.54. The van der Waals surface area contributed by atoms with E-state index in [2.05, 4.69) is 21.2 Å². The minimum atomic E-state index is -3.45. The summed E-state index contributed by atoms with van der Waals surface area (Å²) < 4.78 is 25.2. The van der Waals surface area contributed by atoms with Crippen molar-refractivity contribution < 1.29 is 13.2 Å². The van der Waals surface area contributed by atoms with Crippen molar-refractivity contribution in [2.24, 2.45) is 0 Å². The molecule has 1 atom stereocenters. The fraction of sp³-hybridized carbons (Fsp3) is 0.235. The molecule has 1 N–H and O–H groups in total. The average molecular weight is 396 g/mol. The van der Waals surface area contributed by atoms with Crippen molar-refractivity contribution >= 4 is 31.7 Å². The number of rotatable bonds is 5. The zero-order valence-corrected chi connectivity index (χ0v) is 15.3. The predicted octanol–water partition coefficient (Wildman–Crippen LogP) is 3.73. The summed E-state index contributed by atoms with van der Waals surface area (Å²) in [5.41, 5.74) is 1.11. The van der Waals surface area contributed by atoms with E-state index in [1.165, 1.54) is 12.1 Å². The molecule has 0 radical (unpaired) electrons. The first-order chi connectivity index (χ1) is 10.8. The van der Waals surface area contributed by atoms with Gasteiger partial charge in [0.1, 0.15) is 0 Å². The zero-order chi connectivity index (χ0) is 17.0. The molecule has 0 heterocycles. The summed E-state index contributed by atoms with van der Waals surface area (Å²) >= 11 is 3.40. The van der Waals surface area contributed by atoms with Gasteiger partial charge in [0.05, 0.1) is 22.3 Å². The second-order valence-electron chi connectivity index (χ2n) is 5.15. The van der Waals surface area contributed by atoms with E-state index in [4.69, 9.17) is 0 Å². The molecule has 2 aromatic carbocycles. The van der Waals surface area contributed by atoms with Gasteiger partial charge in [0.2, 0.25) is 0 Å². The maximum Gasteiger partial charge on any atom is 0.253 e. The molecule has 0 aliphatic heterocycles. The van der Waals surface area contributed by atoms with Crippen molar-refractivity contribution in [1.29, 1.82) is 0 Å². The summed E-state index contributed by atoms with van der Waals surface area (Å²) in [6, 6.07) is 13.7. The summed E-state index contributed by atoms with van der Waals surface area (Å²) in [6.45, 7) is 3.42. The number of nitrogens with one attached hydrogen (secondary N) is 1. The first-order valence-electron chi connectivity index (χ1n) is 7.23. The number of carbonyl (C=O) groups excluding carboxylic acids is 1. The Morgan fingerprint density at radius 2 is 1.87 bits per heavy atom. The van der Waals surface area contributed by atoms with Crippen LogP contribution in [0, 0.1) is 0 Å². The molecule has 0 aliphatic carbocycles. The molecular formula is C17H18BrNO3S. The highest BCUT2D eigenvalue weighted by Gasteiger charge is 2.21. The monoisotopic (exact) mass is 395 g/mol. The van der Waals surface area contributed by atoms with E-state index >= 15 is 0 Å². The van der Waals surface area contributed by atoms with Crippen LogP contribution in [0.25, 0.3) is 0 Å². The maximum atomic E-state index is 12.5. The molecule has 2 aromatic rings. The van der Waals surface area contributed by atoms with Crippen LogP contribution in [0.15, 0.2) is 57.9 Å². The highest BCUT2D eigenvalue weighted by molar-refractivity contribution is 9.10. The van der Waals surface area contributed by atoms with Gasteiger partial charge in [-0.15, -0.1) is 0 Å². The van der Waals surface area contributed by atoms with Gasteiger partial charge < -0.3 is 5.32 Å². The molecule has 0 fully saturated rings. The number of carbonyl (C=O) groups is 1. The van der Waals surface area contributed by atoms with Crippen LogP contribution < -0.4 is 5.32 Å². The normalized spacial score (nSPS) is 12.7. The Labute approximate surface area is 145 Å². The quantitative estimate of drug-likeness (QED) is 0.838. The lowest BCUT2D eigenvalue weighted by molar-refractivity contribution is 0.0936. The second-order valence-corrected chi connectivity index (χ2v) is 8.31. The number of hydrogen-bond donors (Lipinski definition) is 1. The molecule has 0 saturated heterocycles. The van der Waals surface area contributed by atoms with E-state index in [9.17, 15) is 13.2 Å². The fourth-order valence-corrected chi connectivity index (χ4v) is 3.72. The molecule has 0 spiro atoms. The molecule has 122 valence electrons. The summed E-state index contributed by atoms with van der Waals surface area (Å²) in [5, 5.41) is 2.85. The Morgan fingerprint density at radius 3 is 2.52 bits per heavy atom. The van der Waals surface area contributed by atoms with Gasteiger partial charge in [-0.25, -0.2) is 8.42 Å². The van der Waals surface area contributed by atoms with Crippen molar-refractivity contribution in [2.75, 3.05) is 5.75 Å². The molecule has 0 aromatic heterocycles. The molecule has 0 aliphatic rings. The molecule has 2 rings (SSSR count). The molecule has 1 unspecified atom stereocenters. The van der Waals surface area contributed by atoms with Crippen LogP contribution in [-0.4, -0.2) is 20.1 Å². The van der Waals surface area contributed by atoms with Crippen LogP contribution in [0.1, 0.15) is 35.8 Å². The lowest BCUT2D eigenvalue weighted by Crippen LogP contribution is -2.28. The number of sulfone groups is 1. The van der Waals surface area contributed by atoms with Crippen LogP contribution in [0.3, 0.4) is 0 Å². The van der Waals surface area contributed by atoms with Crippen molar-refractivity contribution in [3.63, 3.8) is 0 Å². The van der Waals surface area contributed by atoms with Gasteiger partial charge in [-0.1, -0.05) is 47.1 Å². The molecule has 0 bridgehead atoms. The Hall–Kier alpha value is -1.66. The third-order valence-corrected chi connectivity index (χ3v) is 5.82. The van der Waals surface area contributed by atoms with E-state index < -0.39 is 15.7 Å². The van der Waals surface area contributed by atoms with Gasteiger partial charge in [-0.2, -0.15) is 0 Å². The SMILES string of the molecule is CCS(=O)(=O)c1ccccc1C(=O)NC(C)c1cccc(Br)c1. The molecule has 0 saturated carbocycles. The fourth-order valence-electron chi connectivity index (χ4n) is 2.21. The summed E-state index contributed by atoms with van der Waals surface area (Å²) in [5.74, 6) is -0.441. The van der Waals surface area contributed by atoms with E-state index in [1.807, 2.05) is 31.2 Å². The Bertz CT molecular complexity index is 818. The Balaban J connectivity index is 2.28. The van der Waals surface area contributed by atoms with Gasteiger partial charge in [0, 0.05) is 4.47 Å². The van der Waals surface area contributed by atoms with Crippen LogP contribution in [0.5, 0.6) is 0 Å². The maximum absolute atomic E-state index is 12.5. The summed E-state index contributed by atoms with van der Waals surface area (Å²) in [6.07, 6.45) is 0. The summed E-state index contributed by atoms with van der Waals surface area (Å²) in [7, 11) is -3.45. The lowest BCUT2D eigenvalue weighted by atomic mass is 10.1. The van der Waals surface area contributed by atoms with Crippen molar-refractivity contribution in [3.8, 4) is 0 Å². The number of halogens is 1. The van der Waals surface area contributed by atoms with E-state index in [0.29, 0.717) is 0 Å². The first-order valence-corrected chi connectivity index (χ1v) is 9.68. The molecule has 1 amide bonds. The van der Waals surface area contributed by atoms with Crippen molar-refractivity contribution in [2.45, 2.75) is 24.8 Å². The van der Waals surface area contributed by atoms with Crippen LogP contribution in [0.2, 0.25) is 0 Å². The van der Waals surface area contributed by atoms with Crippen LogP contribution >= 0.6 is 15.9 Å². The van der Waals surface area contributed by atoms with Gasteiger partial charge >= 0.3 is 0 Å². The first kappa shape index (κ1) is 17.7. The van der Waals surface area contributed by atoms with E-state index in [-0.39, 0.29) is 22.3 Å². The standard InChI is InChI=1S/C17H18BrNO3S/c1-3-23(21,22)16-10-5-4-9-15(16)17(20)19-12(2)13-7-6-8-14(18)11-13/h4-12H,3H2,1-2H3,(H,19,20). The van der Waals surface area contributed by atoms with E-state index in [1.54, 1.807) is 19.1 Å². The Morgan fingerprint density at radius 1 is 1.17 bits per heavy atom.